The highest BCUT2D eigenvalue weighted by Crippen LogP contribution is 2.26. The van der Waals surface area contributed by atoms with E-state index in [1.54, 1.807) is 7.05 Å². The van der Waals surface area contributed by atoms with E-state index in [4.69, 9.17) is 9.57 Å². The molecule has 1 N–H and O–H groups in total. The van der Waals surface area contributed by atoms with Gasteiger partial charge in [-0.3, -0.25) is 9.63 Å². The van der Waals surface area contributed by atoms with E-state index in [-0.39, 0.29) is 17.9 Å². The summed E-state index contributed by atoms with van der Waals surface area (Å²) in [5.74, 6) is -0.142. The van der Waals surface area contributed by atoms with Gasteiger partial charge in [0.15, 0.2) is 0 Å². The molecule has 1 saturated carbocycles. The first-order valence-electron chi connectivity index (χ1n) is 7.04. The maximum Gasteiger partial charge on any atom is 0.407 e. The molecule has 2 atom stereocenters. The van der Waals surface area contributed by atoms with Gasteiger partial charge in [-0.1, -0.05) is 6.42 Å². The predicted octanol–water partition coefficient (Wildman–Crippen LogP) is 2.09. The van der Waals surface area contributed by atoms with Crippen molar-refractivity contribution in [1.82, 2.24) is 10.4 Å². The van der Waals surface area contributed by atoms with Crippen molar-refractivity contribution in [3.05, 3.63) is 0 Å². The molecule has 1 aliphatic rings. The minimum atomic E-state index is -0.510. The highest BCUT2D eigenvalue weighted by atomic mass is 16.7. The predicted molar refractivity (Wildman–Crippen MR) is 74.9 cm³/mol. The number of carbonyl (C=O) groups is 2. The first-order chi connectivity index (χ1) is 9.23. The first kappa shape index (κ1) is 16.8. The van der Waals surface area contributed by atoms with Crippen molar-refractivity contribution in [1.29, 1.82) is 0 Å². The molecular formula is C14H26N2O4. The molecule has 1 rings (SSSR count). The molecule has 1 fully saturated rings. The van der Waals surface area contributed by atoms with E-state index < -0.39 is 11.7 Å². The number of hydrogen-bond acceptors (Lipinski definition) is 4. The Morgan fingerprint density at radius 2 is 1.90 bits per heavy atom. The Labute approximate surface area is 120 Å². The number of carbonyl (C=O) groups excluding carboxylic acids is 2. The van der Waals surface area contributed by atoms with Crippen molar-refractivity contribution in [2.45, 2.75) is 58.1 Å². The highest BCUT2D eigenvalue weighted by Gasteiger charge is 2.31. The number of hydroxylamine groups is 2. The molecule has 0 aliphatic heterocycles. The van der Waals surface area contributed by atoms with E-state index >= 15 is 0 Å². The van der Waals surface area contributed by atoms with Crippen LogP contribution < -0.4 is 5.32 Å². The van der Waals surface area contributed by atoms with Gasteiger partial charge >= 0.3 is 6.09 Å². The van der Waals surface area contributed by atoms with Crippen LogP contribution >= 0.6 is 0 Å². The fourth-order valence-electron chi connectivity index (χ4n) is 2.37. The summed E-state index contributed by atoms with van der Waals surface area (Å²) in [5.41, 5.74) is -0.510. The highest BCUT2D eigenvalue weighted by molar-refractivity contribution is 5.78. The largest absolute Gasteiger partial charge is 0.444 e. The fraction of sp³-hybridized carbons (Fsp3) is 0.857. The van der Waals surface area contributed by atoms with Gasteiger partial charge in [0.2, 0.25) is 5.91 Å². The van der Waals surface area contributed by atoms with E-state index in [1.807, 2.05) is 20.8 Å². The summed E-state index contributed by atoms with van der Waals surface area (Å²) >= 11 is 0. The molecule has 1 aliphatic carbocycles. The second-order valence-electron chi connectivity index (χ2n) is 6.22. The Bertz CT molecular complexity index is 352. The molecule has 0 radical (unpaired) electrons. The molecule has 2 amide bonds. The molecule has 116 valence electrons. The third-order valence-electron chi connectivity index (χ3n) is 3.33. The Hall–Kier alpha value is -1.30. The number of alkyl carbamates (subject to hydrolysis) is 1. The molecule has 20 heavy (non-hydrogen) atoms. The Morgan fingerprint density at radius 1 is 1.25 bits per heavy atom. The lowest BCUT2D eigenvalue weighted by atomic mass is 9.85. The zero-order chi connectivity index (χ0) is 15.3. The summed E-state index contributed by atoms with van der Waals surface area (Å²) in [6.07, 6.45) is 2.83. The minimum Gasteiger partial charge on any atom is -0.444 e. The lowest BCUT2D eigenvalue weighted by Crippen LogP contribution is -2.44. The Morgan fingerprint density at radius 3 is 2.45 bits per heavy atom. The topological polar surface area (TPSA) is 67.9 Å². The Balaban J connectivity index is 2.49. The smallest absolute Gasteiger partial charge is 0.407 e. The molecule has 0 aromatic rings. The van der Waals surface area contributed by atoms with Crippen LogP contribution in [-0.2, 0) is 14.4 Å². The van der Waals surface area contributed by atoms with Crippen molar-refractivity contribution >= 4 is 12.0 Å². The monoisotopic (exact) mass is 286 g/mol. The number of nitrogens with zero attached hydrogens (tertiary/aromatic N) is 1. The quantitative estimate of drug-likeness (QED) is 0.807. The van der Waals surface area contributed by atoms with E-state index in [9.17, 15) is 9.59 Å². The van der Waals surface area contributed by atoms with Gasteiger partial charge in [0.05, 0.1) is 7.11 Å². The summed E-state index contributed by atoms with van der Waals surface area (Å²) in [5, 5.41) is 4.10. The lowest BCUT2D eigenvalue weighted by molar-refractivity contribution is -0.174. The third kappa shape index (κ3) is 5.36. The zero-order valence-corrected chi connectivity index (χ0v) is 13.1. The second-order valence-corrected chi connectivity index (χ2v) is 6.22. The maximum atomic E-state index is 12.0. The first-order valence-corrected chi connectivity index (χ1v) is 7.04. The van der Waals surface area contributed by atoms with E-state index in [0.717, 1.165) is 19.3 Å². The van der Waals surface area contributed by atoms with Crippen LogP contribution in [0.25, 0.3) is 0 Å². The van der Waals surface area contributed by atoms with Crippen LogP contribution in [0.3, 0.4) is 0 Å². The molecule has 6 heteroatoms. The van der Waals surface area contributed by atoms with Crippen molar-refractivity contribution < 1.29 is 19.2 Å². The fourth-order valence-corrected chi connectivity index (χ4v) is 2.37. The number of rotatable bonds is 3. The van der Waals surface area contributed by atoms with Crippen LogP contribution in [0.15, 0.2) is 0 Å². The van der Waals surface area contributed by atoms with E-state index in [0.29, 0.717) is 6.42 Å². The van der Waals surface area contributed by atoms with Crippen LogP contribution in [-0.4, -0.2) is 42.9 Å². The average molecular weight is 286 g/mol. The minimum absolute atomic E-state index is 0.0159. The molecular weight excluding hydrogens is 260 g/mol. The number of ether oxygens (including phenoxy) is 1. The number of nitrogens with one attached hydrogen (secondary N) is 1. The van der Waals surface area contributed by atoms with Crippen LogP contribution in [0.5, 0.6) is 0 Å². The average Bonchev–Trinajstić information content (AvgIpc) is 2.34. The summed E-state index contributed by atoms with van der Waals surface area (Å²) in [4.78, 5) is 28.7. The lowest BCUT2D eigenvalue weighted by Gasteiger charge is -2.31. The number of amides is 2. The van der Waals surface area contributed by atoms with Crippen molar-refractivity contribution in [3.63, 3.8) is 0 Å². The van der Waals surface area contributed by atoms with E-state index in [1.165, 1.54) is 12.2 Å². The summed E-state index contributed by atoms with van der Waals surface area (Å²) < 4.78 is 5.23. The summed E-state index contributed by atoms with van der Waals surface area (Å²) in [7, 11) is 3.07. The molecule has 0 unspecified atom stereocenters. The van der Waals surface area contributed by atoms with Gasteiger partial charge in [-0.05, 0) is 40.0 Å². The molecule has 0 spiro atoms. The van der Waals surface area contributed by atoms with E-state index in [2.05, 4.69) is 5.32 Å². The van der Waals surface area contributed by atoms with Gasteiger partial charge in [0, 0.05) is 19.0 Å². The molecule has 0 bridgehead atoms. The molecule has 0 heterocycles. The van der Waals surface area contributed by atoms with Gasteiger partial charge in [-0.15, -0.1) is 0 Å². The summed E-state index contributed by atoms with van der Waals surface area (Å²) in [6.45, 7) is 5.48. The van der Waals surface area contributed by atoms with Crippen molar-refractivity contribution in [3.8, 4) is 0 Å². The van der Waals surface area contributed by atoms with Crippen LogP contribution in [0.2, 0.25) is 0 Å². The third-order valence-corrected chi connectivity index (χ3v) is 3.33. The zero-order valence-electron chi connectivity index (χ0n) is 13.1. The van der Waals surface area contributed by atoms with Crippen LogP contribution in [0, 0.1) is 5.92 Å². The van der Waals surface area contributed by atoms with Crippen molar-refractivity contribution in [2.24, 2.45) is 5.92 Å². The maximum absolute atomic E-state index is 12.0. The van der Waals surface area contributed by atoms with Gasteiger partial charge in [-0.2, -0.15) is 0 Å². The Kier molecular flexibility index (Phi) is 5.80. The summed E-state index contributed by atoms with van der Waals surface area (Å²) in [6, 6.07) is -0.0159. The van der Waals surface area contributed by atoms with Gasteiger partial charge in [0.1, 0.15) is 5.60 Å². The van der Waals surface area contributed by atoms with Crippen molar-refractivity contribution in [2.75, 3.05) is 14.2 Å². The molecule has 6 nitrogen and oxygen atoms in total. The van der Waals surface area contributed by atoms with Crippen LogP contribution in [0.1, 0.15) is 46.5 Å². The normalized spacial score (nSPS) is 23.1. The molecule has 0 saturated heterocycles. The number of hydrogen-bond donors (Lipinski definition) is 1. The second kappa shape index (κ2) is 6.92. The van der Waals surface area contributed by atoms with Gasteiger partial charge in [-0.25, -0.2) is 9.86 Å². The SMILES string of the molecule is CON(C)C(=O)[C@H]1CCC[C@@H](NC(=O)OC(C)(C)C)C1. The van der Waals surface area contributed by atoms with Gasteiger partial charge < -0.3 is 10.1 Å². The molecule has 0 aromatic carbocycles. The van der Waals surface area contributed by atoms with Crippen LogP contribution in [0.4, 0.5) is 4.79 Å². The standard InChI is InChI=1S/C14H26N2O4/c1-14(2,3)20-13(18)15-11-8-6-7-10(9-11)12(17)16(4)19-5/h10-11H,6-9H2,1-5H3,(H,15,18)/t10-,11+/m0/s1. The van der Waals surface area contributed by atoms with Gasteiger partial charge in [0.25, 0.3) is 0 Å². The molecule has 0 aromatic heterocycles.